The quantitative estimate of drug-likeness (QED) is 0.774. The molecule has 0 radical (unpaired) electrons. The number of hydrogen-bond acceptors (Lipinski definition) is 3. The molecule has 0 aromatic heterocycles. The normalized spacial score (nSPS) is 10.1. The van der Waals surface area contributed by atoms with Crippen molar-refractivity contribution in [2.24, 2.45) is 0 Å². The first-order valence-electron chi connectivity index (χ1n) is 6.63. The number of para-hydroxylation sites is 1. The summed E-state index contributed by atoms with van der Waals surface area (Å²) in [6.07, 6.45) is 0. The minimum absolute atomic E-state index is 0.544. The van der Waals surface area contributed by atoms with E-state index < -0.39 is 0 Å². The molecule has 1 N–H and O–H groups in total. The van der Waals surface area contributed by atoms with Crippen LogP contribution >= 0.6 is 11.6 Å². The van der Waals surface area contributed by atoms with Crippen molar-refractivity contribution in [3.63, 3.8) is 0 Å². The third-order valence-corrected chi connectivity index (χ3v) is 2.98. The summed E-state index contributed by atoms with van der Waals surface area (Å²) >= 11 is 6.01. The molecule has 0 amide bonds. The van der Waals surface area contributed by atoms with Gasteiger partial charge in [0, 0.05) is 18.3 Å². The van der Waals surface area contributed by atoms with E-state index in [1.165, 1.54) is 0 Å². The first-order chi connectivity index (χ1) is 9.79. The molecule has 0 heterocycles. The molecule has 4 heteroatoms. The molecule has 0 unspecified atom stereocenters. The first-order valence-corrected chi connectivity index (χ1v) is 7.01. The van der Waals surface area contributed by atoms with Gasteiger partial charge in [-0.2, -0.15) is 0 Å². The summed E-state index contributed by atoms with van der Waals surface area (Å²) in [5.74, 6) is 1.57. The summed E-state index contributed by atoms with van der Waals surface area (Å²) in [5, 5.41) is 3.92. The standard InChI is InChI=1S/C16H18ClNO2/c1-2-19-14-7-5-6-13(12-14)18-10-11-20-16-9-4-3-8-15(16)17/h3-9,12,18H,2,10-11H2,1H3. The average molecular weight is 292 g/mol. The van der Waals surface area contributed by atoms with Gasteiger partial charge in [-0.15, -0.1) is 0 Å². The van der Waals surface area contributed by atoms with Crippen molar-refractivity contribution >= 4 is 17.3 Å². The number of nitrogens with one attached hydrogen (secondary N) is 1. The largest absolute Gasteiger partial charge is 0.494 e. The predicted octanol–water partition coefficient (Wildman–Crippen LogP) is 4.23. The number of anilines is 1. The smallest absolute Gasteiger partial charge is 0.137 e. The van der Waals surface area contributed by atoms with Gasteiger partial charge < -0.3 is 14.8 Å². The summed E-state index contributed by atoms with van der Waals surface area (Å²) in [5.41, 5.74) is 1.01. The van der Waals surface area contributed by atoms with Crippen LogP contribution in [0.4, 0.5) is 5.69 Å². The van der Waals surface area contributed by atoms with Gasteiger partial charge in [-0.3, -0.25) is 0 Å². The van der Waals surface area contributed by atoms with Crippen molar-refractivity contribution in [1.29, 1.82) is 0 Å². The second kappa shape index (κ2) is 7.65. The molecule has 0 saturated heterocycles. The summed E-state index contributed by atoms with van der Waals surface area (Å²) in [4.78, 5) is 0. The minimum Gasteiger partial charge on any atom is -0.494 e. The lowest BCUT2D eigenvalue weighted by atomic mass is 10.3. The Morgan fingerprint density at radius 2 is 1.90 bits per heavy atom. The first kappa shape index (κ1) is 14.5. The zero-order chi connectivity index (χ0) is 14.2. The molecule has 3 nitrogen and oxygen atoms in total. The maximum absolute atomic E-state index is 6.01. The zero-order valence-electron chi connectivity index (χ0n) is 11.4. The van der Waals surface area contributed by atoms with Gasteiger partial charge in [0.15, 0.2) is 0 Å². The van der Waals surface area contributed by atoms with Crippen LogP contribution < -0.4 is 14.8 Å². The van der Waals surface area contributed by atoms with Crippen LogP contribution in [0.5, 0.6) is 11.5 Å². The molecule has 0 atom stereocenters. The van der Waals surface area contributed by atoms with Crippen molar-refractivity contribution in [2.45, 2.75) is 6.92 Å². The van der Waals surface area contributed by atoms with Gasteiger partial charge in [0.05, 0.1) is 11.6 Å². The molecular formula is C16H18ClNO2. The highest BCUT2D eigenvalue weighted by Crippen LogP contribution is 2.23. The Bertz CT molecular complexity index is 546. The summed E-state index contributed by atoms with van der Waals surface area (Å²) in [7, 11) is 0. The van der Waals surface area contributed by atoms with Crippen LogP contribution in [0.1, 0.15) is 6.92 Å². The van der Waals surface area contributed by atoms with Crippen molar-refractivity contribution in [1.82, 2.24) is 0 Å². The van der Waals surface area contributed by atoms with E-state index in [-0.39, 0.29) is 0 Å². The lowest BCUT2D eigenvalue weighted by Crippen LogP contribution is -2.11. The third-order valence-electron chi connectivity index (χ3n) is 2.67. The zero-order valence-corrected chi connectivity index (χ0v) is 12.2. The van der Waals surface area contributed by atoms with Crippen LogP contribution in [0.15, 0.2) is 48.5 Å². The van der Waals surface area contributed by atoms with Gasteiger partial charge in [0.2, 0.25) is 0 Å². The molecule has 0 saturated carbocycles. The molecule has 0 bridgehead atoms. The van der Waals surface area contributed by atoms with Crippen LogP contribution in [-0.4, -0.2) is 19.8 Å². The third kappa shape index (κ3) is 4.35. The average Bonchev–Trinajstić information content (AvgIpc) is 2.46. The van der Waals surface area contributed by atoms with Crippen LogP contribution in [0.25, 0.3) is 0 Å². The van der Waals surface area contributed by atoms with E-state index in [0.717, 1.165) is 11.4 Å². The molecule has 2 rings (SSSR count). The van der Waals surface area contributed by atoms with Gasteiger partial charge in [-0.05, 0) is 31.2 Å². The fraction of sp³-hybridized carbons (Fsp3) is 0.250. The highest BCUT2D eigenvalue weighted by atomic mass is 35.5. The molecule has 20 heavy (non-hydrogen) atoms. The Hall–Kier alpha value is -1.87. The van der Waals surface area contributed by atoms with Gasteiger partial charge in [0.1, 0.15) is 18.1 Å². The predicted molar refractivity (Wildman–Crippen MR) is 83.0 cm³/mol. The lowest BCUT2D eigenvalue weighted by molar-refractivity contribution is 0.332. The Balaban J connectivity index is 1.78. The van der Waals surface area contributed by atoms with E-state index in [1.54, 1.807) is 0 Å². The van der Waals surface area contributed by atoms with E-state index in [4.69, 9.17) is 21.1 Å². The van der Waals surface area contributed by atoms with E-state index in [9.17, 15) is 0 Å². The second-order valence-electron chi connectivity index (χ2n) is 4.17. The van der Waals surface area contributed by atoms with E-state index >= 15 is 0 Å². The van der Waals surface area contributed by atoms with Crippen molar-refractivity contribution in [3.8, 4) is 11.5 Å². The van der Waals surface area contributed by atoms with Gasteiger partial charge in [0.25, 0.3) is 0 Å². The van der Waals surface area contributed by atoms with Crippen LogP contribution in [-0.2, 0) is 0 Å². The minimum atomic E-state index is 0.544. The maximum Gasteiger partial charge on any atom is 0.137 e. The SMILES string of the molecule is CCOc1cccc(NCCOc2ccccc2Cl)c1. The summed E-state index contributed by atoms with van der Waals surface area (Å²) in [6.45, 7) is 3.88. The monoisotopic (exact) mass is 291 g/mol. The Morgan fingerprint density at radius 1 is 1.05 bits per heavy atom. The van der Waals surface area contributed by atoms with Gasteiger partial charge in [-0.25, -0.2) is 0 Å². The maximum atomic E-state index is 6.01. The van der Waals surface area contributed by atoms with E-state index in [0.29, 0.717) is 30.5 Å². The van der Waals surface area contributed by atoms with Crippen LogP contribution in [0.3, 0.4) is 0 Å². The molecular weight excluding hydrogens is 274 g/mol. The molecule has 106 valence electrons. The van der Waals surface area contributed by atoms with Crippen LogP contribution in [0, 0.1) is 0 Å². The molecule has 0 fully saturated rings. The lowest BCUT2D eigenvalue weighted by Gasteiger charge is -2.10. The Morgan fingerprint density at radius 3 is 2.70 bits per heavy atom. The molecule has 2 aromatic carbocycles. The number of halogens is 1. The fourth-order valence-electron chi connectivity index (χ4n) is 1.78. The van der Waals surface area contributed by atoms with Crippen molar-refractivity contribution in [2.75, 3.05) is 25.1 Å². The summed E-state index contributed by atoms with van der Waals surface area (Å²) < 4.78 is 11.1. The van der Waals surface area contributed by atoms with Crippen molar-refractivity contribution in [3.05, 3.63) is 53.6 Å². The Kier molecular flexibility index (Phi) is 5.56. The molecule has 0 aliphatic rings. The fourth-order valence-corrected chi connectivity index (χ4v) is 1.97. The summed E-state index contributed by atoms with van der Waals surface area (Å²) in [6, 6.07) is 15.3. The number of rotatable bonds is 7. The van der Waals surface area contributed by atoms with Crippen molar-refractivity contribution < 1.29 is 9.47 Å². The highest BCUT2D eigenvalue weighted by Gasteiger charge is 1.99. The van der Waals surface area contributed by atoms with Gasteiger partial charge >= 0.3 is 0 Å². The Labute approximate surface area is 124 Å². The molecule has 0 spiro atoms. The van der Waals surface area contributed by atoms with Gasteiger partial charge in [-0.1, -0.05) is 29.8 Å². The molecule has 0 aliphatic heterocycles. The topological polar surface area (TPSA) is 30.5 Å². The van der Waals surface area contributed by atoms with Crippen LogP contribution in [0.2, 0.25) is 5.02 Å². The number of ether oxygens (including phenoxy) is 2. The van der Waals surface area contributed by atoms with E-state index in [1.807, 2.05) is 55.5 Å². The highest BCUT2D eigenvalue weighted by molar-refractivity contribution is 6.32. The molecule has 2 aromatic rings. The molecule has 0 aliphatic carbocycles. The number of benzene rings is 2. The van der Waals surface area contributed by atoms with E-state index in [2.05, 4.69) is 5.32 Å². The number of hydrogen-bond donors (Lipinski definition) is 1. The second-order valence-corrected chi connectivity index (χ2v) is 4.57.